The predicted molar refractivity (Wildman–Crippen MR) is 82.9 cm³/mol. The van der Waals surface area contributed by atoms with E-state index in [4.69, 9.17) is 4.74 Å². The van der Waals surface area contributed by atoms with Crippen LogP contribution in [0.5, 0.6) is 0 Å². The maximum atomic E-state index is 11.7. The van der Waals surface area contributed by atoms with Crippen molar-refractivity contribution in [3.63, 3.8) is 0 Å². The number of amidine groups is 1. The molecule has 1 N–H and O–H groups in total. The summed E-state index contributed by atoms with van der Waals surface area (Å²) in [6, 6.07) is 9.95. The summed E-state index contributed by atoms with van der Waals surface area (Å²) in [5.74, 6) is -0.0898. The van der Waals surface area contributed by atoms with Crippen LogP contribution in [0, 0.1) is 5.92 Å². The first kappa shape index (κ1) is 14.9. The molecule has 0 radical (unpaired) electrons. The normalized spacial score (nSPS) is 19.6. The van der Waals surface area contributed by atoms with E-state index >= 15 is 0 Å². The van der Waals surface area contributed by atoms with Gasteiger partial charge in [-0.2, -0.15) is 0 Å². The molecular weight excluding hydrogens is 272 g/mol. The first-order valence-electron chi connectivity index (χ1n) is 6.72. The fourth-order valence-corrected chi connectivity index (χ4v) is 3.11. The number of hydrogen-bond donors (Lipinski definition) is 1. The maximum absolute atomic E-state index is 11.7. The van der Waals surface area contributed by atoms with Crippen LogP contribution in [-0.4, -0.2) is 30.8 Å². The molecule has 2 rings (SSSR count). The Balaban J connectivity index is 1.97. The van der Waals surface area contributed by atoms with Crippen LogP contribution in [0.25, 0.3) is 0 Å². The van der Waals surface area contributed by atoms with Gasteiger partial charge in [-0.3, -0.25) is 4.99 Å². The van der Waals surface area contributed by atoms with Crippen molar-refractivity contribution in [3.8, 4) is 0 Å². The van der Waals surface area contributed by atoms with E-state index < -0.39 is 0 Å². The van der Waals surface area contributed by atoms with Gasteiger partial charge in [0.2, 0.25) is 0 Å². The monoisotopic (exact) mass is 292 g/mol. The first-order valence-corrected chi connectivity index (χ1v) is 7.60. The van der Waals surface area contributed by atoms with Gasteiger partial charge in [0.15, 0.2) is 5.17 Å². The standard InChI is InChI=1S/C15H20N2O2S/c1-10(2)13(14(18)19-3)17-15-16-9-12(20-15)11-7-5-4-6-8-11/h4-8,10,12-13H,9H2,1-3H3,(H,16,17). The minimum Gasteiger partial charge on any atom is -0.467 e. The summed E-state index contributed by atoms with van der Waals surface area (Å²) in [4.78, 5) is 16.2. The number of rotatable bonds is 4. The molecule has 2 unspecified atom stereocenters. The van der Waals surface area contributed by atoms with E-state index in [-0.39, 0.29) is 17.9 Å². The number of benzene rings is 1. The molecule has 0 aliphatic carbocycles. The predicted octanol–water partition coefficient (Wildman–Crippen LogP) is 2.62. The molecular formula is C15H20N2O2S. The summed E-state index contributed by atoms with van der Waals surface area (Å²) in [5, 5.41) is 4.35. The summed E-state index contributed by atoms with van der Waals surface area (Å²) in [5.41, 5.74) is 1.26. The van der Waals surface area contributed by atoms with Gasteiger partial charge in [0.05, 0.1) is 18.9 Å². The highest BCUT2D eigenvalue weighted by Crippen LogP contribution is 2.34. The molecule has 5 heteroatoms. The Kier molecular flexibility index (Phi) is 5.06. The topological polar surface area (TPSA) is 50.7 Å². The second kappa shape index (κ2) is 6.79. The van der Waals surface area contributed by atoms with Crippen molar-refractivity contribution >= 4 is 22.9 Å². The molecule has 108 valence electrons. The number of hydrogen-bond acceptors (Lipinski definition) is 5. The highest BCUT2D eigenvalue weighted by Gasteiger charge is 2.28. The molecule has 4 nitrogen and oxygen atoms in total. The van der Waals surface area contributed by atoms with Gasteiger partial charge >= 0.3 is 5.97 Å². The van der Waals surface area contributed by atoms with E-state index in [0.717, 1.165) is 11.7 Å². The molecule has 1 aliphatic heterocycles. The first-order chi connectivity index (χ1) is 9.61. The van der Waals surface area contributed by atoms with Crippen LogP contribution in [0.2, 0.25) is 0 Å². The summed E-state index contributed by atoms with van der Waals surface area (Å²) in [6.45, 7) is 4.72. The number of esters is 1. The number of methoxy groups -OCH3 is 1. The third kappa shape index (κ3) is 3.54. The third-order valence-corrected chi connectivity index (χ3v) is 4.40. The van der Waals surface area contributed by atoms with E-state index in [1.54, 1.807) is 11.8 Å². The molecule has 1 aliphatic rings. The molecule has 0 saturated carbocycles. The lowest BCUT2D eigenvalue weighted by Gasteiger charge is -2.20. The Morgan fingerprint density at radius 3 is 2.70 bits per heavy atom. The molecule has 20 heavy (non-hydrogen) atoms. The number of thioether (sulfide) groups is 1. The molecule has 0 amide bonds. The Bertz CT molecular complexity index is 488. The smallest absolute Gasteiger partial charge is 0.328 e. The Hall–Kier alpha value is -1.49. The van der Waals surface area contributed by atoms with Crippen LogP contribution in [-0.2, 0) is 9.53 Å². The van der Waals surface area contributed by atoms with Crippen molar-refractivity contribution in [2.24, 2.45) is 10.9 Å². The molecule has 2 atom stereocenters. The van der Waals surface area contributed by atoms with Crippen molar-refractivity contribution in [2.75, 3.05) is 13.7 Å². The maximum Gasteiger partial charge on any atom is 0.328 e. The van der Waals surface area contributed by atoms with Gasteiger partial charge in [0.25, 0.3) is 0 Å². The van der Waals surface area contributed by atoms with Crippen LogP contribution in [0.15, 0.2) is 35.3 Å². The minimum atomic E-state index is -0.347. The van der Waals surface area contributed by atoms with Crippen LogP contribution in [0.3, 0.4) is 0 Å². The zero-order valence-corrected chi connectivity index (χ0v) is 12.8. The van der Waals surface area contributed by atoms with Gasteiger partial charge in [0.1, 0.15) is 6.04 Å². The summed E-state index contributed by atoms with van der Waals surface area (Å²) in [6.07, 6.45) is 0. The largest absolute Gasteiger partial charge is 0.467 e. The fourth-order valence-electron chi connectivity index (χ4n) is 2.05. The molecule has 0 fully saturated rings. The number of ether oxygens (including phenoxy) is 1. The molecule has 1 aromatic rings. The van der Waals surface area contributed by atoms with Gasteiger partial charge < -0.3 is 10.1 Å². The average molecular weight is 292 g/mol. The number of nitrogens with zero attached hydrogens (tertiary/aromatic N) is 1. The number of carbonyl (C=O) groups excluding carboxylic acids is 1. The van der Waals surface area contributed by atoms with Gasteiger partial charge in [0, 0.05) is 0 Å². The Morgan fingerprint density at radius 2 is 2.10 bits per heavy atom. The van der Waals surface area contributed by atoms with E-state index in [9.17, 15) is 4.79 Å². The Morgan fingerprint density at radius 1 is 1.40 bits per heavy atom. The average Bonchev–Trinajstić information content (AvgIpc) is 2.93. The van der Waals surface area contributed by atoms with Crippen molar-refractivity contribution < 1.29 is 9.53 Å². The minimum absolute atomic E-state index is 0.154. The molecule has 1 heterocycles. The second-order valence-electron chi connectivity index (χ2n) is 5.05. The highest BCUT2D eigenvalue weighted by molar-refractivity contribution is 8.14. The van der Waals surface area contributed by atoms with E-state index in [1.165, 1.54) is 12.7 Å². The van der Waals surface area contributed by atoms with Gasteiger partial charge in [-0.25, -0.2) is 4.79 Å². The van der Waals surface area contributed by atoms with Crippen molar-refractivity contribution in [1.82, 2.24) is 5.32 Å². The number of carbonyl (C=O) groups is 1. The van der Waals surface area contributed by atoms with Crippen LogP contribution in [0.4, 0.5) is 0 Å². The third-order valence-electron chi connectivity index (χ3n) is 3.23. The van der Waals surface area contributed by atoms with Crippen molar-refractivity contribution in [2.45, 2.75) is 25.1 Å². The molecule has 0 bridgehead atoms. The van der Waals surface area contributed by atoms with Crippen LogP contribution < -0.4 is 5.32 Å². The second-order valence-corrected chi connectivity index (χ2v) is 6.24. The summed E-state index contributed by atoms with van der Waals surface area (Å²) in [7, 11) is 1.41. The van der Waals surface area contributed by atoms with E-state index in [2.05, 4.69) is 22.4 Å². The highest BCUT2D eigenvalue weighted by atomic mass is 32.2. The van der Waals surface area contributed by atoms with Crippen molar-refractivity contribution in [3.05, 3.63) is 35.9 Å². The van der Waals surface area contributed by atoms with Crippen LogP contribution >= 0.6 is 11.8 Å². The van der Waals surface area contributed by atoms with E-state index in [1.807, 2.05) is 32.0 Å². The molecule has 0 saturated heterocycles. The summed E-state index contributed by atoms with van der Waals surface area (Å²) < 4.78 is 4.83. The van der Waals surface area contributed by atoms with Crippen molar-refractivity contribution in [1.29, 1.82) is 0 Å². The van der Waals surface area contributed by atoms with Gasteiger partial charge in [-0.15, -0.1) is 0 Å². The fraction of sp³-hybridized carbons (Fsp3) is 0.467. The van der Waals surface area contributed by atoms with E-state index in [0.29, 0.717) is 5.25 Å². The lowest BCUT2D eigenvalue weighted by atomic mass is 10.1. The molecule has 0 spiro atoms. The summed E-state index contributed by atoms with van der Waals surface area (Å²) >= 11 is 1.67. The zero-order chi connectivity index (χ0) is 14.5. The number of aliphatic imine (C=N–C) groups is 1. The molecule has 0 aromatic heterocycles. The lowest BCUT2D eigenvalue weighted by molar-refractivity contribution is -0.143. The van der Waals surface area contributed by atoms with Gasteiger partial charge in [-0.05, 0) is 11.5 Å². The van der Waals surface area contributed by atoms with Crippen LogP contribution in [0.1, 0.15) is 24.7 Å². The zero-order valence-electron chi connectivity index (χ0n) is 12.0. The number of nitrogens with one attached hydrogen (secondary N) is 1. The molecule has 1 aromatic carbocycles. The van der Waals surface area contributed by atoms with Gasteiger partial charge in [-0.1, -0.05) is 55.9 Å². The lowest BCUT2D eigenvalue weighted by Crippen LogP contribution is -2.43. The quantitative estimate of drug-likeness (QED) is 0.867. The Labute approximate surface area is 124 Å². The SMILES string of the molecule is COC(=O)C(NC1=NCC(c2ccccc2)S1)C(C)C.